The van der Waals surface area contributed by atoms with Crippen LogP contribution in [0.3, 0.4) is 0 Å². The largest absolute Gasteiger partial charge is 0.396 e. The highest BCUT2D eigenvalue weighted by atomic mass is 16.5. The highest BCUT2D eigenvalue weighted by Gasteiger charge is 2.42. The molecule has 2 rings (SSSR count). The molecule has 0 amide bonds. The van der Waals surface area contributed by atoms with E-state index in [0.29, 0.717) is 12.0 Å². The van der Waals surface area contributed by atoms with Crippen LogP contribution in [0.2, 0.25) is 0 Å². The Morgan fingerprint density at radius 2 is 1.71 bits per heavy atom. The van der Waals surface area contributed by atoms with Gasteiger partial charge in [-0.3, -0.25) is 0 Å². The molecule has 0 radical (unpaired) electrons. The Labute approximate surface area is 104 Å². The maximum atomic E-state index is 9.75. The summed E-state index contributed by atoms with van der Waals surface area (Å²) in [5.41, 5.74) is -0.300. The standard InChI is InChI=1S/C14H26O3/c1-11-6-7-13(17-11)8-14(9-15,10-16)12-4-2-3-5-12/h11-13,15-16H,2-10H2,1H3. The maximum Gasteiger partial charge on any atom is 0.0586 e. The Morgan fingerprint density at radius 3 is 2.18 bits per heavy atom. The van der Waals surface area contributed by atoms with E-state index in [-0.39, 0.29) is 24.7 Å². The maximum absolute atomic E-state index is 9.75. The van der Waals surface area contributed by atoms with Crippen LogP contribution in [0, 0.1) is 11.3 Å². The van der Waals surface area contributed by atoms with Crippen molar-refractivity contribution >= 4 is 0 Å². The molecular weight excluding hydrogens is 216 g/mol. The summed E-state index contributed by atoms with van der Waals surface area (Å²) in [5, 5.41) is 19.5. The van der Waals surface area contributed by atoms with Gasteiger partial charge in [-0.05, 0) is 44.9 Å². The van der Waals surface area contributed by atoms with Crippen LogP contribution >= 0.6 is 0 Å². The SMILES string of the molecule is CC1CCC(CC(CO)(CO)C2CCCC2)O1. The molecule has 3 heteroatoms. The zero-order chi connectivity index (χ0) is 12.3. The van der Waals surface area contributed by atoms with Crippen LogP contribution < -0.4 is 0 Å². The summed E-state index contributed by atoms with van der Waals surface area (Å²) in [6, 6.07) is 0. The molecule has 2 aliphatic rings. The minimum absolute atomic E-state index is 0.0996. The second-order valence-corrected chi connectivity index (χ2v) is 6.01. The highest BCUT2D eigenvalue weighted by Crippen LogP contribution is 2.44. The lowest BCUT2D eigenvalue weighted by Crippen LogP contribution is -2.40. The summed E-state index contributed by atoms with van der Waals surface area (Å²) in [6.45, 7) is 2.31. The molecule has 0 aromatic carbocycles. The molecule has 1 aliphatic heterocycles. The molecule has 100 valence electrons. The summed E-state index contributed by atoms with van der Waals surface area (Å²) in [6.07, 6.45) is 8.41. The van der Waals surface area contributed by atoms with Crippen molar-refractivity contribution in [2.45, 2.75) is 64.1 Å². The van der Waals surface area contributed by atoms with E-state index in [1.54, 1.807) is 0 Å². The number of ether oxygens (including phenoxy) is 1. The van der Waals surface area contributed by atoms with Crippen LogP contribution in [0.5, 0.6) is 0 Å². The van der Waals surface area contributed by atoms with Crippen molar-refractivity contribution in [2.24, 2.45) is 11.3 Å². The van der Waals surface area contributed by atoms with Gasteiger partial charge in [-0.25, -0.2) is 0 Å². The lowest BCUT2D eigenvalue weighted by atomic mass is 9.71. The summed E-state index contributed by atoms with van der Waals surface area (Å²) in [5.74, 6) is 0.483. The topological polar surface area (TPSA) is 49.7 Å². The molecule has 0 spiro atoms. The second kappa shape index (κ2) is 5.68. The van der Waals surface area contributed by atoms with E-state index >= 15 is 0 Å². The number of rotatable bonds is 5. The van der Waals surface area contributed by atoms with Gasteiger partial charge in [0.25, 0.3) is 0 Å². The van der Waals surface area contributed by atoms with Crippen LogP contribution in [-0.2, 0) is 4.74 Å². The van der Waals surface area contributed by atoms with Crippen LogP contribution in [0.4, 0.5) is 0 Å². The van der Waals surface area contributed by atoms with Crippen molar-refractivity contribution in [1.29, 1.82) is 0 Å². The third-order valence-electron chi connectivity index (χ3n) is 4.81. The van der Waals surface area contributed by atoms with Crippen LogP contribution in [-0.4, -0.2) is 35.6 Å². The smallest absolute Gasteiger partial charge is 0.0586 e. The van der Waals surface area contributed by atoms with E-state index in [1.807, 2.05) is 0 Å². The molecular formula is C14H26O3. The molecule has 2 atom stereocenters. The molecule has 2 N–H and O–H groups in total. The Bertz CT molecular complexity index is 232. The zero-order valence-electron chi connectivity index (χ0n) is 10.9. The van der Waals surface area contributed by atoms with Gasteiger partial charge in [-0.15, -0.1) is 0 Å². The van der Waals surface area contributed by atoms with E-state index < -0.39 is 0 Å². The van der Waals surface area contributed by atoms with Crippen molar-refractivity contribution in [3.05, 3.63) is 0 Å². The van der Waals surface area contributed by atoms with Gasteiger partial charge < -0.3 is 14.9 Å². The fourth-order valence-electron chi connectivity index (χ4n) is 3.63. The van der Waals surface area contributed by atoms with E-state index in [0.717, 1.165) is 32.1 Å². The van der Waals surface area contributed by atoms with Gasteiger partial charge in [0, 0.05) is 5.41 Å². The summed E-state index contributed by atoms with van der Waals surface area (Å²) >= 11 is 0. The van der Waals surface area contributed by atoms with Gasteiger partial charge in [0.05, 0.1) is 25.4 Å². The van der Waals surface area contributed by atoms with Crippen molar-refractivity contribution in [2.75, 3.05) is 13.2 Å². The van der Waals surface area contributed by atoms with Crippen molar-refractivity contribution in [1.82, 2.24) is 0 Å². The predicted molar refractivity (Wildman–Crippen MR) is 66.7 cm³/mol. The number of hydrogen-bond acceptors (Lipinski definition) is 3. The van der Waals surface area contributed by atoms with Crippen molar-refractivity contribution in [3.8, 4) is 0 Å². The Balaban J connectivity index is 1.99. The van der Waals surface area contributed by atoms with Crippen molar-refractivity contribution < 1.29 is 14.9 Å². The van der Waals surface area contributed by atoms with Gasteiger partial charge in [0.15, 0.2) is 0 Å². The highest BCUT2D eigenvalue weighted by molar-refractivity contribution is 4.91. The Kier molecular flexibility index (Phi) is 4.45. The Morgan fingerprint density at radius 1 is 1.06 bits per heavy atom. The first-order valence-corrected chi connectivity index (χ1v) is 7.07. The third-order valence-corrected chi connectivity index (χ3v) is 4.81. The zero-order valence-corrected chi connectivity index (χ0v) is 10.9. The number of aliphatic hydroxyl groups is 2. The van der Waals surface area contributed by atoms with E-state index in [4.69, 9.17) is 4.74 Å². The van der Waals surface area contributed by atoms with Gasteiger partial charge >= 0.3 is 0 Å². The van der Waals surface area contributed by atoms with Gasteiger partial charge in [-0.2, -0.15) is 0 Å². The molecule has 0 bridgehead atoms. The predicted octanol–water partition coefficient (Wildman–Crippen LogP) is 2.11. The third kappa shape index (κ3) is 2.83. The minimum atomic E-state index is -0.300. The average Bonchev–Trinajstić information content (AvgIpc) is 2.98. The molecule has 1 saturated heterocycles. The van der Waals surface area contributed by atoms with Gasteiger partial charge in [0.2, 0.25) is 0 Å². The second-order valence-electron chi connectivity index (χ2n) is 6.01. The summed E-state index contributed by atoms with van der Waals surface area (Å²) in [7, 11) is 0. The summed E-state index contributed by atoms with van der Waals surface area (Å²) < 4.78 is 5.86. The number of hydrogen-bond donors (Lipinski definition) is 2. The van der Waals surface area contributed by atoms with Crippen molar-refractivity contribution in [3.63, 3.8) is 0 Å². The molecule has 0 aromatic heterocycles. The molecule has 0 aromatic rings. The fraction of sp³-hybridized carbons (Fsp3) is 1.00. The number of aliphatic hydroxyl groups excluding tert-OH is 2. The van der Waals surface area contributed by atoms with Gasteiger partial charge in [-0.1, -0.05) is 12.8 Å². The molecule has 1 aliphatic carbocycles. The Hall–Kier alpha value is -0.120. The summed E-state index contributed by atoms with van der Waals surface area (Å²) in [4.78, 5) is 0. The quantitative estimate of drug-likeness (QED) is 0.776. The van der Waals surface area contributed by atoms with Crippen LogP contribution in [0.1, 0.15) is 51.9 Å². The normalized spacial score (nSPS) is 31.2. The first-order chi connectivity index (χ1) is 8.20. The monoisotopic (exact) mass is 242 g/mol. The fourth-order valence-corrected chi connectivity index (χ4v) is 3.63. The molecule has 2 fully saturated rings. The first-order valence-electron chi connectivity index (χ1n) is 7.07. The van der Waals surface area contributed by atoms with E-state index in [9.17, 15) is 10.2 Å². The van der Waals surface area contributed by atoms with E-state index in [2.05, 4.69) is 6.92 Å². The minimum Gasteiger partial charge on any atom is -0.396 e. The molecule has 1 heterocycles. The molecule has 1 saturated carbocycles. The molecule has 17 heavy (non-hydrogen) atoms. The average molecular weight is 242 g/mol. The lowest BCUT2D eigenvalue weighted by molar-refractivity contribution is -0.0498. The van der Waals surface area contributed by atoms with Crippen LogP contribution in [0.15, 0.2) is 0 Å². The first kappa shape index (κ1) is 13.3. The van der Waals surface area contributed by atoms with Gasteiger partial charge in [0.1, 0.15) is 0 Å². The van der Waals surface area contributed by atoms with E-state index in [1.165, 1.54) is 12.8 Å². The molecule has 2 unspecified atom stereocenters. The van der Waals surface area contributed by atoms with Crippen LogP contribution in [0.25, 0.3) is 0 Å². The lowest BCUT2D eigenvalue weighted by Gasteiger charge is -2.37. The molecule has 3 nitrogen and oxygen atoms in total.